The minimum Gasteiger partial charge on any atom is -0.325 e. The van der Waals surface area contributed by atoms with Gasteiger partial charge in [-0.05, 0) is 18.2 Å². The van der Waals surface area contributed by atoms with E-state index < -0.39 is 0 Å². The molecule has 1 aromatic carbocycles. The minimum absolute atomic E-state index is 0.131. The van der Waals surface area contributed by atoms with Crippen LogP contribution < -0.4 is 10.6 Å². The summed E-state index contributed by atoms with van der Waals surface area (Å²) in [5.41, 5.74) is 1.05. The van der Waals surface area contributed by atoms with Crippen molar-refractivity contribution in [3.8, 4) is 0 Å². The van der Waals surface area contributed by atoms with Crippen molar-refractivity contribution in [3.05, 3.63) is 23.2 Å². The molecular weight excluding hydrogens is 228 g/mol. The van der Waals surface area contributed by atoms with Crippen molar-refractivity contribution in [2.75, 3.05) is 10.6 Å². The van der Waals surface area contributed by atoms with Crippen LogP contribution in [-0.4, -0.2) is 11.8 Å². The smallest absolute Gasteiger partial charge is 0.224 e. The van der Waals surface area contributed by atoms with Gasteiger partial charge in [-0.2, -0.15) is 0 Å². The third kappa shape index (κ3) is 3.55. The molecule has 0 radical (unpaired) electrons. The first-order chi connectivity index (χ1) is 7.52. The number of carbonyl (C=O) groups excluding carboxylic acids is 2. The fourth-order valence-corrected chi connectivity index (χ4v) is 1.33. The second-order valence-electron chi connectivity index (χ2n) is 3.27. The normalized spacial score (nSPS) is 9.69. The summed E-state index contributed by atoms with van der Waals surface area (Å²) in [5, 5.41) is 5.79. The van der Waals surface area contributed by atoms with Crippen LogP contribution in [0.4, 0.5) is 11.4 Å². The number of benzene rings is 1. The number of anilines is 2. The standard InChI is InChI=1S/C11H13ClN2O2/c1-3-11(16)14-10-6-8(12)4-5-9(10)13-7(2)15/h4-6H,3H2,1-2H3,(H,13,15)(H,14,16). The van der Waals surface area contributed by atoms with Crippen molar-refractivity contribution < 1.29 is 9.59 Å². The Morgan fingerprint density at radius 3 is 2.50 bits per heavy atom. The Morgan fingerprint density at radius 1 is 1.25 bits per heavy atom. The van der Waals surface area contributed by atoms with E-state index in [-0.39, 0.29) is 11.8 Å². The molecule has 2 N–H and O–H groups in total. The zero-order valence-electron chi connectivity index (χ0n) is 9.13. The molecular formula is C11H13ClN2O2. The largest absolute Gasteiger partial charge is 0.325 e. The highest BCUT2D eigenvalue weighted by Gasteiger charge is 2.07. The van der Waals surface area contributed by atoms with Crippen LogP contribution in [0.1, 0.15) is 20.3 Å². The number of carbonyl (C=O) groups is 2. The molecule has 0 atom stereocenters. The summed E-state index contributed by atoms with van der Waals surface area (Å²) in [6, 6.07) is 4.89. The van der Waals surface area contributed by atoms with Crippen molar-refractivity contribution in [1.29, 1.82) is 0 Å². The second kappa shape index (κ2) is 5.51. The van der Waals surface area contributed by atoms with Gasteiger partial charge in [-0.25, -0.2) is 0 Å². The van der Waals surface area contributed by atoms with Gasteiger partial charge in [-0.15, -0.1) is 0 Å². The summed E-state index contributed by atoms with van der Waals surface area (Å²) < 4.78 is 0. The summed E-state index contributed by atoms with van der Waals surface area (Å²) in [6.45, 7) is 3.15. The monoisotopic (exact) mass is 240 g/mol. The molecule has 0 saturated carbocycles. The van der Waals surface area contributed by atoms with Crippen molar-refractivity contribution in [3.63, 3.8) is 0 Å². The van der Waals surface area contributed by atoms with E-state index in [4.69, 9.17) is 11.6 Å². The van der Waals surface area contributed by atoms with Crippen molar-refractivity contribution >= 4 is 34.8 Å². The van der Waals surface area contributed by atoms with Crippen LogP contribution in [0.5, 0.6) is 0 Å². The Hall–Kier alpha value is -1.55. The summed E-state index contributed by atoms with van der Waals surface area (Å²) in [5.74, 6) is -0.330. The summed E-state index contributed by atoms with van der Waals surface area (Å²) in [7, 11) is 0. The fourth-order valence-electron chi connectivity index (χ4n) is 1.16. The van der Waals surface area contributed by atoms with E-state index in [9.17, 15) is 9.59 Å². The van der Waals surface area contributed by atoms with Crippen LogP contribution in [0, 0.1) is 0 Å². The van der Waals surface area contributed by atoms with Crippen LogP contribution in [0.3, 0.4) is 0 Å². The van der Waals surface area contributed by atoms with Crippen LogP contribution in [-0.2, 0) is 9.59 Å². The molecule has 0 aromatic heterocycles. The SMILES string of the molecule is CCC(=O)Nc1cc(Cl)ccc1NC(C)=O. The van der Waals surface area contributed by atoms with Gasteiger partial charge in [0, 0.05) is 18.4 Å². The Balaban J connectivity index is 2.98. The molecule has 0 saturated heterocycles. The molecule has 86 valence electrons. The molecule has 16 heavy (non-hydrogen) atoms. The fraction of sp³-hybridized carbons (Fsp3) is 0.273. The molecule has 4 nitrogen and oxygen atoms in total. The van der Waals surface area contributed by atoms with Crippen molar-refractivity contribution in [2.45, 2.75) is 20.3 Å². The number of halogens is 1. The van der Waals surface area contributed by atoms with E-state index in [1.807, 2.05) is 0 Å². The lowest BCUT2D eigenvalue weighted by Gasteiger charge is -2.11. The summed E-state index contributed by atoms with van der Waals surface area (Å²) >= 11 is 5.82. The van der Waals surface area contributed by atoms with Crippen LogP contribution in [0.15, 0.2) is 18.2 Å². The van der Waals surface area contributed by atoms with Crippen LogP contribution >= 0.6 is 11.6 Å². The van der Waals surface area contributed by atoms with Crippen molar-refractivity contribution in [1.82, 2.24) is 0 Å². The average Bonchev–Trinajstić information content (AvgIpc) is 2.21. The second-order valence-corrected chi connectivity index (χ2v) is 3.71. The topological polar surface area (TPSA) is 58.2 Å². The molecule has 0 heterocycles. The lowest BCUT2D eigenvalue weighted by Crippen LogP contribution is -2.13. The highest BCUT2D eigenvalue weighted by Crippen LogP contribution is 2.25. The number of nitrogens with one attached hydrogen (secondary N) is 2. The molecule has 0 unspecified atom stereocenters. The predicted octanol–water partition coefficient (Wildman–Crippen LogP) is 2.65. The van der Waals surface area contributed by atoms with Gasteiger partial charge in [0.25, 0.3) is 0 Å². The lowest BCUT2D eigenvalue weighted by atomic mass is 10.2. The summed E-state index contributed by atoms with van der Waals surface area (Å²) in [6.07, 6.45) is 0.367. The molecule has 1 rings (SSSR count). The quantitative estimate of drug-likeness (QED) is 0.853. The highest BCUT2D eigenvalue weighted by atomic mass is 35.5. The van der Waals surface area contributed by atoms with E-state index in [1.54, 1.807) is 25.1 Å². The Bertz CT molecular complexity index is 418. The molecule has 0 bridgehead atoms. The Labute approximate surface area is 99.0 Å². The lowest BCUT2D eigenvalue weighted by molar-refractivity contribution is -0.116. The van der Waals surface area contributed by atoms with Gasteiger partial charge in [-0.1, -0.05) is 18.5 Å². The molecule has 0 aliphatic carbocycles. The van der Waals surface area contributed by atoms with E-state index in [2.05, 4.69) is 10.6 Å². The van der Waals surface area contributed by atoms with E-state index in [0.717, 1.165) is 0 Å². The maximum atomic E-state index is 11.3. The van der Waals surface area contributed by atoms with Gasteiger partial charge in [-0.3, -0.25) is 9.59 Å². The highest BCUT2D eigenvalue weighted by molar-refractivity contribution is 6.31. The number of hydrogen-bond donors (Lipinski definition) is 2. The third-order valence-corrected chi connectivity index (χ3v) is 2.12. The number of rotatable bonds is 3. The zero-order valence-corrected chi connectivity index (χ0v) is 9.89. The molecule has 0 fully saturated rings. The molecule has 2 amide bonds. The predicted molar refractivity (Wildman–Crippen MR) is 64.7 cm³/mol. The van der Waals surface area contributed by atoms with E-state index >= 15 is 0 Å². The first kappa shape index (κ1) is 12.5. The molecule has 0 aliphatic heterocycles. The average molecular weight is 241 g/mol. The zero-order chi connectivity index (χ0) is 12.1. The van der Waals surface area contributed by atoms with E-state index in [1.165, 1.54) is 6.92 Å². The Morgan fingerprint density at radius 2 is 1.94 bits per heavy atom. The van der Waals surface area contributed by atoms with Crippen LogP contribution in [0.2, 0.25) is 5.02 Å². The molecule has 5 heteroatoms. The van der Waals surface area contributed by atoms with Gasteiger partial charge < -0.3 is 10.6 Å². The minimum atomic E-state index is -0.200. The first-order valence-electron chi connectivity index (χ1n) is 4.90. The molecule has 0 spiro atoms. The molecule has 0 aliphatic rings. The molecule has 1 aromatic rings. The first-order valence-corrected chi connectivity index (χ1v) is 5.27. The van der Waals surface area contributed by atoms with Crippen LogP contribution in [0.25, 0.3) is 0 Å². The van der Waals surface area contributed by atoms with Gasteiger partial charge in [0.05, 0.1) is 11.4 Å². The van der Waals surface area contributed by atoms with Crippen molar-refractivity contribution in [2.24, 2.45) is 0 Å². The Kier molecular flexibility index (Phi) is 4.31. The van der Waals surface area contributed by atoms with Gasteiger partial charge in [0.2, 0.25) is 11.8 Å². The van der Waals surface area contributed by atoms with Gasteiger partial charge >= 0.3 is 0 Å². The maximum Gasteiger partial charge on any atom is 0.224 e. The van der Waals surface area contributed by atoms with E-state index in [0.29, 0.717) is 22.8 Å². The van der Waals surface area contributed by atoms with Gasteiger partial charge in [0.15, 0.2) is 0 Å². The number of hydrogen-bond acceptors (Lipinski definition) is 2. The maximum absolute atomic E-state index is 11.3. The van der Waals surface area contributed by atoms with Gasteiger partial charge in [0.1, 0.15) is 0 Å². The number of amides is 2. The third-order valence-electron chi connectivity index (χ3n) is 1.89. The summed E-state index contributed by atoms with van der Waals surface area (Å²) in [4.78, 5) is 22.2.